The molecule has 14 heteroatoms. The van der Waals surface area contributed by atoms with Gasteiger partial charge in [0.05, 0.1) is 18.1 Å². The number of nitrogens with zero attached hydrogens (tertiary/aromatic N) is 3. The van der Waals surface area contributed by atoms with E-state index in [0.29, 0.717) is 22.5 Å². The van der Waals surface area contributed by atoms with E-state index in [1.165, 1.54) is 4.90 Å². The van der Waals surface area contributed by atoms with Crippen LogP contribution in [0.3, 0.4) is 0 Å². The van der Waals surface area contributed by atoms with Gasteiger partial charge in [0.15, 0.2) is 0 Å². The lowest BCUT2D eigenvalue weighted by atomic mass is 9.97. The summed E-state index contributed by atoms with van der Waals surface area (Å²) >= 11 is 0. The van der Waals surface area contributed by atoms with Crippen molar-refractivity contribution in [1.29, 1.82) is 0 Å². The largest absolute Gasteiger partial charge is 0.389 e. The molecule has 4 rings (SSSR count). The first kappa shape index (κ1) is 36.5. The second kappa shape index (κ2) is 16.6. The number of para-hydroxylation sites is 1. The molecule has 0 spiro atoms. The topological polar surface area (TPSA) is 94.1 Å². The average Bonchev–Trinajstić information content (AvgIpc) is 3.13. The summed E-state index contributed by atoms with van der Waals surface area (Å²) in [4.78, 5) is 47.4. The molecule has 2 aliphatic heterocycles. The van der Waals surface area contributed by atoms with Gasteiger partial charge in [-0.3, -0.25) is 19.3 Å². The molecule has 3 amide bonds. The van der Waals surface area contributed by atoms with E-state index in [9.17, 15) is 40.7 Å². The first-order valence-electron chi connectivity index (χ1n) is 15.1. The van der Waals surface area contributed by atoms with Crippen LogP contribution in [0.5, 0.6) is 0 Å². The number of benzene rings is 2. The number of benzodiazepines with no additional fused rings is 1. The van der Waals surface area contributed by atoms with Crippen LogP contribution in [-0.2, 0) is 14.4 Å². The Kier molecular flexibility index (Phi) is 13.2. The summed E-state index contributed by atoms with van der Waals surface area (Å²) in [5.74, 6) is -3.18. The molecule has 2 aromatic carbocycles. The quantitative estimate of drug-likeness (QED) is 0.334. The van der Waals surface area contributed by atoms with Gasteiger partial charge in [0.25, 0.3) is 5.91 Å². The maximum absolute atomic E-state index is 13.4. The Morgan fingerprint density at radius 1 is 0.935 bits per heavy atom. The number of hydrogen-bond donors (Lipinski definition) is 2. The Labute approximate surface area is 264 Å². The van der Waals surface area contributed by atoms with E-state index in [4.69, 9.17) is 0 Å². The van der Waals surface area contributed by atoms with Gasteiger partial charge in [0, 0.05) is 43.4 Å². The van der Waals surface area contributed by atoms with Gasteiger partial charge >= 0.3 is 12.4 Å². The number of alkyl halides is 6. The summed E-state index contributed by atoms with van der Waals surface area (Å²) in [5.41, 5.74) is 2.43. The van der Waals surface area contributed by atoms with Gasteiger partial charge in [-0.1, -0.05) is 61.9 Å². The zero-order valence-corrected chi connectivity index (χ0v) is 25.8. The molecule has 2 aromatic rings. The number of hydrogen-bond acceptors (Lipinski definition) is 5. The standard InChI is InChI=1S/C29H34F3N5O3.C3H5F3/c1-36-23-13-7-6-12-22(23)25(20-10-4-2-5-11-20)34-26(28(36)40)35-27(39)21(14-15-29(30,31)32)18-24(38)33-19-37-16-8-3-9-17-37;1-2-3(4,5)6/h2,4-7,10-13,21,26H,3,8-9,14-19H2,1H3,(H,33,38)(H,35,39);2H2,1H3. The van der Waals surface area contributed by atoms with Crippen LogP contribution in [0.2, 0.25) is 0 Å². The number of halogens is 6. The van der Waals surface area contributed by atoms with Crippen molar-refractivity contribution in [2.75, 3.05) is 31.7 Å². The van der Waals surface area contributed by atoms with Gasteiger partial charge in [-0.2, -0.15) is 26.3 Å². The molecule has 2 heterocycles. The third-order valence-electron chi connectivity index (χ3n) is 7.60. The third kappa shape index (κ3) is 11.5. The number of likely N-dealkylation sites (N-methyl/N-ethyl adjacent to an activating group) is 1. The van der Waals surface area contributed by atoms with Crippen LogP contribution >= 0.6 is 0 Å². The van der Waals surface area contributed by atoms with Crippen molar-refractivity contribution in [2.24, 2.45) is 10.9 Å². The number of piperidine rings is 1. The van der Waals surface area contributed by atoms with E-state index < -0.39 is 67.8 Å². The van der Waals surface area contributed by atoms with Crippen LogP contribution in [0, 0.1) is 5.92 Å². The Morgan fingerprint density at radius 2 is 1.54 bits per heavy atom. The molecule has 2 N–H and O–H groups in total. The van der Waals surface area contributed by atoms with Crippen molar-refractivity contribution in [3.63, 3.8) is 0 Å². The molecule has 1 fully saturated rings. The molecule has 0 radical (unpaired) electrons. The molecule has 2 atom stereocenters. The van der Waals surface area contributed by atoms with E-state index in [1.807, 2.05) is 42.5 Å². The van der Waals surface area contributed by atoms with Crippen LogP contribution < -0.4 is 15.5 Å². The highest BCUT2D eigenvalue weighted by Gasteiger charge is 2.35. The summed E-state index contributed by atoms with van der Waals surface area (Å²) in [6.45, 7) is 3.03. The van der Waals surface area contributed by atoms with Gasteiger partial charge in [-0.05, 0) is 38.4 Å². The number of amides is 3. The monoisotopic (exact) mass is 655 g/mol. The average molecular weight is 656 g/mol. The normalized spacial score (nSPS) is 17.9. The molecule has 0 bridgehead atoms. The smallest absolute Gasteiger partial charge is 0.343 e. The summed E-state index contributed by atoms with van der Waals surface area (Å²) < 4.78 is 71.7. The zero-order valence-electron chi connectivity index (χ0n) is 25.8. The second-order valence-corrected chi connectivity index (χ2v) is 11.1. The lowest BCUT2D eigenvalue weighted by Crippen LogP contribution is -2.48. The Balaban J connectivity index is 0.000000875. The number of aliphatic imine (C=N–C) groups is 1. The van der Waals surface area contributed by atoms with E-state index in [-0.39, 0.29) is 6.67 Å². The number of carbonyl (C=O) groups excluding carboxylic acids is 3. The van der Waals surface area contributed by atoms with Gasteiger partial charge < -0.3 is 15.5 Å². The first-order chi connectivity index (χ1) is 21.7. The van der Waals surface area contributed by atoms with Crippen molar-refractivity contribution in [3.05, 3.63) is 65.7 Å². The number of likely N-dealkylation sites (tertiary alicyclic amines) is 1. The van der Waals surface area contributed by atoms with E-state index in [2.05, 4.69) is 20.5 Å². The van der Waals surface area contributed by atoms with Crippen molar-refractivity contribution in [2.45, 2.75) is 70.4 Å². The van der Waals surface area contributed by atoms with E-state index in [1.54, 1.807) is 19.2 Å². The van der Waals surface area contributed by atoms with Crippen molar-refractivity contribution >= 4 is 29.1 Å². The minimum atomic E-state index is -4.50. The van der Waals surface area contributed by atoms with Crippen LogP contribution in [-0.4, -0.2) is 73.7 Å². The van der Waals surface area contributed by atoms with Crippen LogP contribution in [0.25, 0.3) is 0 Å². The van der Waals surface area contributed by atoms with Crippen molar-refractivity contribution in [1.82, 2.24) is 15.5 Å². The Morgan fingerprint density at radius 3 is 2.15 bits per heavy atom. The molecule has 2 aliphatic rings. The van der Waals surface area contributed by atoms with E-state index >= 15 is 0 Å². The molecule has 1 saturated heterocycles. The molecule has 2 unspecified atom stereocenters. The predicted octanol–water partition coefficient (Wildman–Crippen LogP) is 5.81. The fourth-order valence-electron chi connectivity index (χ4n) is 4.97. The van der Waals surface area contributed by atoms with Crippen molar-refractivity contribution in [3.8, 4) is 0 Å². The lowest BCUT2D eigenvalue weighted by Gasteiger charge is -2.27. The number of carbonyl (C=O) groups is 3. The minimum Gasteiger partial charge on any atom is -0.343 e. The van der Waals surface area contributed by atoms with Gasteiger partial charge in [0.2, 0.25) is 18.0 Å². The molecular formula is C32H39F6N5O3. The van der Waals surface area contributed by atoms with Gasteiger partial charge in [-0.15, -0.1) is 0 Å². The van der Waals surface area contributed by atoms with Crippen LogP contribution in [0.15, 0.2) is 59.6 Å². The SMILES string of the molecule is CCC(F)(F)F.CN1C(=O)C(NC(=O)C(CCC(F)(F)F)CC(=O)NCN2CCCCC2)N=C(c2ccccc2)c2ccccc21. The van der Waals surface area contributed by atoms with Gasteiger partial charge in [-0.25, -0.2) is 4.99 Å². The second-order valence-electron chi connectivity index (χ2n) is 11.1. The molecule has 0 aromatic heterocycles. The zero-order chi connectivity index (χ0) is 33.9. The number of rotatable bonds is 9. The minimum absolute atomic E-state index is 0.279. The Bertz CT molecular complexity index is 1340. The molecular weight excluding hydrogens is 616 g/mol. The van der Waals surface area contributed by atoms with Crippen molar-refractivity contribution < 1.29 is 40.7 Å². The maximum Gasteiger partial charge on any atom is 0.389 e. The van der Waals surface area contributed by atoms with E-state index in [0.717, 1.165) is 39.3 Å². The molecule has 252 valence electrons. The summed E-state index contributed by atoms with van der Waals surface area (Å²) in [5, 5.41) is 5.27. The van der Waals surface area contributed by atoms with Crippen LogP contribution in [0.4, 0.5) is 32.0 Å². The summed E-state index contributed by atoms with van der Waals surface area (Å²) in [7, 11) is 1.55. The number of fused-ring (bicyclic) bond motifs is 1. The highest BCUT2D eigenvalue weighted by Crippen LogP contribution is 2.29. The number of anilines is 1. The molecule has 0 aliphatic carbocycles. The summed E-state index contributed by atoms with van der Waals surface area (Å²) in [6, 6.07) is 16.3. The molecule has 46 heavy (non-hydrogen) atoms. The summed E-state index contributed by atoms with van der Waals surface area (Å²) in [6.07, 6.45) is -9.65. The first-order valence-corrected chi connectivity index (χ1v) is 15.1. The molecule has 8 nitrogen and oxygen atoms in total. The third-order valence-corrected chi connectivity index (χ3v) is 7.60. The number of nitrogens with one attached hydrogen (secondary N) is 2. The van der Waals surface area contributed by atoms with Crippen LogP contribution in [0.1, 0.15) is 63.0 Å². The molecule has 0 saturated carbocycles. The highest BCUT2D eigenvalue weighted by atomic mass is 19.4. The lowest BCUT2D eigenvalue weighted by molar-refractivity contribution is -0.144. The van der Waals surface area contributed by atoms with Gasteiger partial charge in [0.1, 0.15) is 0 Å². The highest BCUT2D eigenvalue weighted by molar-refractivity contribution is 6.20. The maximum atomic E-state index is 13.4. The Hall–Kier alpha value is -3.94. The fraction of sp³-hybridized carbons (Fsp3) is 0.500. The fourth-order valence-corrected chi connectivity index (χ4v) is 4.97. The predicted molar refractivity (Wildman–Crippen MR) is 162 cm³/mol.